The van der Waals surface area contributed by atoms with E-state index in [1.807, 2.05) is 6.26 Å². The average Bonchev–Trinajstić information content (AvgIpc) is 2.29. The fourth-order valence-corrected chi connectivity index (χ4v) is 2.22. The summed E-state index contributed by atoms with van der Waals surface area (Å²) in [5.41, 5.74) is 9.68. The van der Waals surface area contributed by atoms with Crippen molar-refractivity contribution in [3.63, 3.8) is 0 Å². The Morgan fingerprint density at radius 2 is 2.13 bits per heavy atom. The molecule has 2 N–H and O–H groups in total. The van der Waals surface area contributed by atoms with Gasteiger partial charge in [-0.05, 0) is 49.1 Å². The Morgan fingerprint density at radius 3 is 2.93 bits per heavy atom. The van der Waals surface area contributed by atoms with Crippen molar-refractivity contribution in [3.05, 3.63) is 29.3 Å². The molecule has 15 heavy (non-hydrogen) atoms. The Hall–Kier alpha value is -0.960. The molecule has 2 rings (SSSR count). The minimum Gasteiger partial charge on any atom is -0.378 e. The normalized spacial score (nSPS) is 16.2. The topological polar surface area (TPSA) is 38.4 Å². The summed E-state index contributed by atoms with van der Waals surface area (Å²) in [6.45, 7) is 0. The van der Waals surface area contributed by atoms with Crippen LogP contribution in [-0.2, 0) is 12.8 Å². The Morgan fingerprint density at radius 1 is 1.33 bits per heavy atom. The standard InChI is InChI=1S/C12H16N2S/c1-15-12(13)14-11-8-4-6-9-5-2-3-7-10(9)11/h4,6,8H,2-3,5,7H2,1H3,(H2,13,14). The van der Waals surface area contributed by atoms with Crippen LogP contribution in [0.2, 0.25) is 0 Å². The van der Waals surface area contributed by atoms with Crippen LogP contribution in [0.3, 0.4) is 0 Å². The van der Waals surface area contributed by atoms with Crippen molar-refractivity contribution in [3.8, 4) is 0 Å². The van der Waals surface area contributed by atoms with Crippen molar-refractivity contribution in [2.45, 2.75) is 25.7 Å². The molecule has 1 aliphatic rings. The summed E-state index contributed by atoms with van der Waals surface area (Å²) in [5.74, 6) is 0. The summed E-state index contributed by atoms with van der Waals surface area (Å²) >= 11 is 1.50. The predicted molar refractivity (Wildman–Crippen MR) is 67.9 cm³/mol. The van der Waals surface area contributed by atoms with Crippen LogP contribution in [-0.4, -0.2) is 11.4 Å². The highest BCUT2D eigenvalue weighted by Gasteiger charge is 2.12. The van der Waals surface area contributed by atoms with Gasteiger partial charge in [0.05, 0.1) is 5.69 Å². The van der Waals surface area contributed by atoms with E-state index >= 15 is 0 Å². The monoisotopic (exact) mass is 220 g/mol. The first-order chi connectivity index (χ1) is 7.31. The van der Waals surface area contributed by atoms with Crippen LogP contribution in [0.15, 0.2) is 23.2 Å². The van der Waals surface area contributed by atoms with Crippen molar-refractivity contribution in [1.29, 1.82) is 0 Å². The maximum absolute atomic E-state index is 5.75. The molecule has 80 valence electrons. The smallest absolute Gasteiger partial charge is 0.158 e. The molecule has 2 nitrogen and oxygen atoms in total. The molecule has 0 saturated carbocycles. The average molecular weight is 220 g/mol. The summed E-state index contributed by atoms with van der Waals surface area (Å²) in [7, 11) is 0. The molecule has 1 aromatic rings. The minimum absolute atomic E-state index is 0.647. The van der Waals surface area contributed by atoms with E-state index < -0.39 is 0 Å². The van der Waals surface area contributed by atoms with Crippen LogP contribution in [0.4, 0.5) is 5.69 Å². The molecule has 0 unspecified atom stereocenters. The van der Waals surface area contributed by atoms with Crippen molar-refractivity contribution in [2.24, 2.45) is 10.7 Å². The molecular formula is C12H16N2S. The number of thioether (sulfide) groups is 1. The first-order valence-electron chi connectivity index (χ1n) is 5.30. The van der Waals surface area contributed by atoms with Crippen LogP contribution >= 0.6 is 11.8 Å². The molecule has 3 heteroatoms. The van der Waals surface area contributed by atoms with E-state index in [4.69, 9.17) is 5.73 Å². The predicted octanol–water partition coefficient (Wildman–Crippen LogP) is 2.87. The quantitative estimate of drug-likeness (QED) is 0.584. The number of hydrogen-bond donors (Lipinski definition) is 1. The largest absolute Gasteiger partial charge is 0.378 e. The molecule has 1 aliphatic carbocycles. The molecule has 0 atom stereocenters. The zero-order valence-electron chi connectivity index (χ0n) is 8.99. The highest BCUT2D eigenvalue weighted by atomic mass is 32.2. The third kappa shape index (κ3) is 2.34. The highest BCUT2D eigenvalue weighted by molar-refractivity contribution is 8.13. The van der Waals surface area contributed by atoms with E-state index in [0.29, 0.717) is 5.17 Å². The van der Waals surface area contributed by atoms with Gasteiger partial charge in [-0.2, -0.15) is 0 Å². The molecule has 0 aromatic heterocycles. The lowest BCUT2D eigenvalue weighted by molar-refractivity contribution is 0.686. The SMILES string of the molecule is CSC(N)=Nc1cccc2c1CCCC2. The second-order valence-electron chi connectivity index (χ2n) is 3.78. The van der Waals surface area contributed by atoms with E-state index in [-0.39, 0.29) is 0 Å². The number of nitrogens with zero attached hydrogens (tertiary/aromatic N) is 1. The number of fused-ring (bicyclic) bond motifs is 1. The van der Waals surface area contributed by atoms with Gasteiger partial charge in [0.2, 0.25) is 0 Å². The second-order valence-corrected chi connectivity index (χ2v) is 4.60. The number of aliphatic imine (C=N–C) groups is 1. The molecule has 1 aromatic carbocycles. The zero-order chi connectivity index (χ0) is 10.7. The lowest BCUT2D eigenvalue weighted by Gasteiger charge is -2.17. The van der Waals surface area contributed by atoms with Gasteiger partial charge in [-0.15, -0.1) is 0 Å². The van der Waals surface area contributed by atoms with Gasteiger partial charge in [0.1, 0.15) is 0 Å². The summed E-state index contributed by atoms with van der Waals surface area (Å²) in [6, 6.07) is 6.35. The van der Waals surface area contributed by atoms with Gasteiger partial charge in [0.25, 0.3) is 0 Å². The number of rotatable bonds is 1. The molecule has 0 amide bonds. The first kappa shape index (κ1) is 10.6. The molecule has 0 radical (unpaired) electrons. The van der Waals surface area contributed by atoms with Gasteiger partial charge in [-0.25, -0.2) is 4.99 Å². The van der Waals surface area contributed by atoms with Crippen molar-refractivity contribution in [2.75, 3.05) is 6.26 Å². The third-order valence-corrected chi connectivity index (χ3v) is 3.32. The maximum atomic E-state index is 5.75. The highest BCUT2D eigenvalue weighted by Crippen LogP contribution is 2.29. The minimum atomic E-state index is 0.647. The second kappa shape index (κ2) is 4.71. The van der Waals surface area contributed by atoms with Crippen molar-refractivity contribution >= 4 is 22.6 Å². The molecule has 0 heterocycles. The molecule has 0 spiro atoms. The molecular weight excluding hydrogens is 204 g/mol. The summed E-state index contributed by atoms with van der Waals surface area (Å²) in [4.78, 5) is 4.45. The third-order valence-electron chi connectivity index (χ3n) is 2.81. The Kier molecular flexibility index (Phi) is 3.31. The number of aryl methyl sites for hydroxylation is 1. The van der Waals surface area contributed by atoms with Gasteiger partial charge < -0.3 is 5.73 Å². The Balaban J connectivity index is 2.39. The van der Waals surface area contributed by atoms with E-state index in [9.17, 15) is 0 Å². The van der Waals surface area contributed by atoms with E-state index in [1.165, 1.54) is 42.2 Å². The van der Waals surface area contributed by atoms with E-state index in [0.717, 1.165) is 12.1 Å². The van der Waals surface area contributed by atoms with E-state index in [2.05, 4.69) is 23.2 Å². The Labute approximate surface area is 95.0 Å². The van der Waals surface area contributed by atoms with Gasteiger partial charge in [-0.3, -0.25) is 0 Å². The van der Waals surface area contributed by atoms with Gasteiger partial charge in [0.15, 0.2) is 5.17 Å². The zero-order valence-corrected chi connectivity index (χ0v) is 9.81. The van der Waals surface area contributed by atoms with Crippen molar-refractivity contribution in [1.82, 2.24) is 0 Å². The van der Waals surface area contributed by atoms with E-state index in [1.54, 1.807) is 0 Å². The number of amidine groups is 1. The summed E-state index contributed by atoms with van der Waals surface area (Å²) in [5, 5.41) is 0.647. The fraction of sp³-hybridized carbons (Fsp3) is 0.417. The van der Waals surface area contributed by atoms with Gasteiger partial charge in [-0.1, -0.05) is 23.9 Å². The van der Waals surface area contributed by atoms with Crippen LogP contribution < -0.4 is 5.73 Å². The lowest BCUT2D eigenvalue weighted by Crippen LogP contribution is -2.06. The van der Waals surface area contributed by atoms with Crippen LogP contribution in [0.1, 0.15) is 24.0 Å². The summed E-state index contributed by atoms with van der Waals surface area (Å²) < 4.78 is 0. The van der Waals surface area contributed by atoms with Crippen LogP contribution in [0, 0.1) is 0 Å². The lowest BCUT2D eigenvalue weighted by atomic mass is 9.91. The summed E-state index contributed by atoms with van der Waals surface area (Å²) in [6.07, 6.45) is 6.87. The number of hydrogen-bond acceptors (Lipinski definition) is 2. The van der Waals surface area contributed by atoms with Crippen molar-refractivity contribution < 1.29 is 0 Å². The van der Waals surface area contributed by atoms with Gasteiger partial charge >= 0.3 is 0 Å². The molecule has 0 fully saturated rings. The number of benzene rings is 1. The molecule has 0 aliphatic heterocycles. The van der Waals surface area contributed by atoms with Gasteiger partial charge in [0, 0.05) is 0 Å². The maximum Gasteiger partial charge on any atom is 0.158 e. The Bertz CT molecular complexity index is 385. The fourth-order valence-electron chi connectivity index (χ4n) is 2.03. The van der Waals surface area contributed by atoms with Crippen LogP contribution in [0.5, 0.6) is 0 Å². The molecule has 0 bridgehead atoms. The first-order valence-corrected chi connectivity index (χ1v) is 6.52. The van der Waals surface area contributed by atoms with Crippen LogP contribution in [0.25, 0.3) is 0 Å². The molecule has 0 saturated heterocycles. The number of nitrogens with two attached hydrogens (primary N) is 1.